The maximum atomic E-state index is 12.9. The number of sulfonamides is 1. The maximum Gasteiger partial charge on any atom is 0.245 e. The van der Waals surface area contributed by atoms with Crippen molar-refractivity contribution in [2.45, 2.75) is 44.0 Å². The fourth-order valence-electron chi connectivity index (χ4n) is 2.95. The molecule has 0 saturated carbocycles. The Morgan fingerprint density at radius 3 is 2.76 bits per heavy atom. The van der Waals surface area contributed by atoms with E-state index >= 15 is 0 Å². The van der Waals surface area contributed by atoms with E-state index in [9.17, 15) is 13.2 Å². The van der Waals surface area contributed by atoms with Crippen molar-refractivity contribution in [2.24, 2.45) is 5.92 Å². The van der Waals surface area contributed by atoms with E-state index < -0.39 is 10.0 Å². The molecule has 1 aliphatic rings. The van der Waals surface area contributed by atoms with E-state index in [-0.39, 0.29) is 28.3 Å². The van der Waals surface area contributed by atoms with Crippen LogP contribution in [-0.4, -0.2) is 48.1 Å². The first-order valence-electron chi connectivity index (χ1n) is 8.45. The SMILES string of the molecule is CC[C@H](C)NC(=O)C1CCN(S(=O)(=O)c2cccc3nonc23)CC1. The lowest BCUT2D eigenvalue weighted by Crippen LogP contribution is -2.44. The van der Waals surface area contributed by atoms with Crippen LogP contribution in [0.2, 0.25) is 0 Å². The Bertz CT molecular complexity index is 856. The molecule has 0 aliphatic carbocycles. The minimum Gasteiger partial charge on any atom is -0.353 e. The van der Waals surface area contributed by atoms with Crippen molar-refractivity contribution in [2.75, 3.05) is 13.1 Å². The van der Waals surface area contributed by atoms with Crippen molar-refractivity contribution >= 4 is 27.0 Å². The number of nitrogens with one attached hydrogen (secondary N) is 1. The van der Waals surface area contributed by atoms with Crippen molar-refractivity contribution in [3.05, 3.63) is 18.2 Å². The Morgan fingerprint density at radius 2 is 2.08 bits per heavy atom. The number of amides is 1. The van der Waals surface area contributed by atoms with E-state index in [0.29, 0.717) is 31.4 Å². The Hall–Kier alpha value is -2.00. The minimum atomic E-state index is -3.70. The summed E-state index contributed by atoms with van der Waals surface area (Å²) in [6.07, 6.45) is 1.89. The van der Waals surface area contributed by atoms with E-state index in [1.807, 2.05) is 13.8 Å². The van der Waals surface area contributed by atoms with Crippen LogP contribution in [0.3, 0.4) is 0 Å². The van der Waals surface area contributed by atoms with Gasteiger partial charge in [0.1, 0.15) is 10.4 Å². The number of fused-ring (bicyclic) bond motifs is 1. The smallest absolute Gasteiger partial charge is 0.245 e. The molecule has 1 fully saturated rings. The molecule has 3 rings (SSSR count). The van der Waals surface area contributed by atoms with Gasteiger partial charge in [-0.1, -0.05) is 13.0 Å². The Labute approximate surface area is 146 Å². The fraction of sp³-hybridized carbons (Fsp3) is 0.562. The number of rotatable bonds is 5. The highest BCUT2D eigenvalue weighted by atomic mass is 32.2. The first-order valence-corrected chi connectivity index (χ1v) is 9.89. The highest BCUT2D eigenvalue weighted by Gasteiger charge is 2.33. The summed E-state index contributed by atoms with van der Waals surface area (Å²) in [5.41, 5.74) is 0.642. The van der Waals surface area contributed by atoms with Gasteiger partial charge in [0.2, 0.25) is 15.9 Å². The number of carbonyl (C=O) groups is 1. The van der Waals surface area contributed by atoms with Crippen LogP contribution in [0.4, 0.5) is 0 Å². The van der Waals surface area contributed by atoms with Crippen LogP contribution in [-0.2, 0) is 14.8 Å². The molecule has 2 aromatic rings. The molecule has 0 bridgehead atoms. The van der Waals surface area contributed by atoms with E-state index in [4.69, 9.17) is 0 Å². The minimum absolute atomic E-state index is 0.00852. The fourth-order valence-corrected chi connectivity index (χ4v) is 4.56. The molecule has 25 heavy (non-hydrogen) atoms. The predicted octanol–water partition coefficient (Wildman–Crippen LogP) is 1.54. The van der Waals surface area contributed by atoms with Gasteiger partial charge in [0.25, 0.3) is 0 Å². The Kier molecular flexibility index (Phi) is 5.05. The van der Waals surface area contributed by atoms with E-state index in [1.54, 1.807) is 12.1 Å². The van der Waals surface area contributed by atoms with E-state index in [1.165, 1.54) is 10.4 Å². The number of benzene rings is 1. The molecule has 0 unspecified atom stereocenters. The van der Waals surface area contributed by atoms with Gasteiger partial charge >= 0.3 is 0 Å². The third-order valence-corrected chi connectivity index (χ3v) is 6.62. The highest BCUT2D eigenvalue weighted by Crippen LogP contribution is 2.27. The lowest BCUT2D eigenvalue weighted by atomic mass is 9.97. The lowest BCUT2D eigenvalue weighted by molar-refractivity contribution is -0.126. The monoisotopic (exact) mass is 366 g/mol. The van der Waals surface area contributed by atoms with Crippen LogP contribution in [0.25, 0.3) is 11.0 Å². The first-order chi connectivity index (χ1) is 11.9. The number of hydrogen-bond acceptors (Lipinski definition) is 6. The average Bonchev–Trinajstić information content (AvgIpc) is 3.10. The molecule has 1 saturated heterocycles. The van der Waals surface area contributed by atoms with Gasteiger partial charge in [-0.2, -0.15) is 4.31 Å². The van der Waals surface area contributed by atoms with Crippen molar-refractivity contribution in [1.82, 2.24) is 19.9 Å². The molecule has 1 aliphatic heterocycles. The normalized spacial score (nSPS) is 18.3. The average molecular weight is 366 g/mol. The number of carbonyl (C=O) groups excluding carboxylic acids is 1. The van der Waals surface area contributed by atoms with Crippen LogP contribution in [0.5, 0.6) is 0 Å². The van der Waals surface area contributed by atoms with Crippen LogP contribution in [0.15, 0.2) is 27.7 Å². The van der Waals surface area contributed by atoms with Crippen molar-refractivity contribution in [1.29, 1.82) is 0 Å². The van der Waals surface area contributed by atoms with Crippen molar-refractivity contribution < 1.29 is 17.8 Å². The molecule has 1 N–H and O–H groups in total. The van der Waals surface area contributed by atoms with Gasteiger partial charge in [-0.3, -0.25) is 4.79 Å². The van der Waals surface area contributed by atoms with Gasteiger partial charge in [0.15, 0.2) is 5.52 Å². The van der Waals surface area contributed by atoms with Gasteiger partial charge < -0.3 is 5.32 Å². The summed E-state index contributed by atoms with van der Waals surface area (Å²) in [5.74, 6) is -0.140. The van der Waals surface area contributed by atoms with Gasteiger partial charge in [-0.25, -0.2) is 13.0 Å². The summed E-state index contributed by atoms with van der Waals surface area (Å²) < 4.78 is 31.9. The van der Waals surface area contributed by atoms with E-state index in [0.717, 1.165) is 6.42 Å². The second-order valence-corrected chi connectivity index (χ2v) is 8.29. The second-order valence-electron chi connectivity index (χ2n) is 6.38. The van der Waals surface area contributed by atoms with E-state index in [2.05, 4.69) is 20.3 Å². The standard InChI is InChI=1S/C16H22N4O4S/c1-3-11(2)17-16(21)12-7-9-20(10-8-12)25(22,23)14-6-4-5-13-15(14)19-24-18-13/h4-6,11-12H,3,7-10H2,1-2H3,(H,17,21)/t11-/m0/s1. The number of piperidine rings is 1. The Balaban J connectivity index is 1.72. The molecule has 8 nitrogen and oxygen atoms in total. The molecule has 9 heteroatoms. The summed E-state index contributed by atoms with van der Waals surface area (Å²) in [4.78, 5) is 12.3. The molecular formula is C16H22N4O4S. The molecule has 136 valence electrons. The molecule has 1 aromatic heterocycles. The van der Waals surface area contributed by atoms with Gasteiger partial charge in [0, 0.05) is 25.0 Å². The van der Waals surface area contributed by atoms with Crippen molar-refractivity contribution in [3.63, 3.8) is 0 Å². The largest absolute Gasteiger partial charge is 0.353 e. The third kappa shape index (κ3) is 3.52. The third-order valence-electron chi connectivity index (χ3n) is 4.69. The van der Waals surface area contributed by atoms with Crippen LogP contribution in [0, 0.1) is 5.92 Å². The summed E-state index contributed by atoms with van der Waals surface area (Å²) in [6.45, 7) is 4.59. The molecular weight excluding hydrogens is 344 g/mol. The number of aromatic nitrogens is 2. The maximum absolute atomic E-state index is 12.9. The zero-order chi connectivity index (χ0) is 18.0. The molecule has 2 heterocycles. The van der Waals surface area contributed by atoms with Crippen LogP contribution < -0.4 is 5.32 Å². The summed E-state index contributed by atoms with van der Waals surface area (Å²) in [5, 5.41) is 10.4. The molecule has 1 amide bonds. The van der Waals surface area contributed by atoms with Gasteiger partial charge in [-0.05, 0) is 48.6 Å². The topological polar surface area (TPSA) is 105 Å². The Morgan fingerprint density at radius 1 is 1.36 bits per heavy atom. The lowest BCUT2D eigenvalue weighted by Gasteiger charge is -2.31. The zero-order valence-electron chi connectivity index (χ0n) is 14.3. The van der Waals surface area contributed by atoms with Crippen LogP contribution in [0.1, 0.15) is 33.1 Å². The molecule has 1 atom stereocenters. The first kappa shape index (κ1) is 17.8. The van der Waals surface area contributed by atoms with Crippen molar-refractivity contribution in [3.8, 4) is 0 Å². The number of hydrogen-bond donors (Lipinski definition) is 1. The summed E-state index contributed by atoms with van der Waals surface area (Å²) >= 11 is 0. The van der Waals surface area contributed by atoms with Gasteiger partial charge in [0.05, 0.1) is 0 Å². The molecule has 0 spiro atoms. The molecule has 0 radical (unpaired) electrons. The second kappa shape index (κ2) is 7.09. The molecule has 1 aromatic carbocycles. The summed E-state index contributed by atoms with van der Waals surface area (Å²) in [7, 11) is -3.70. The van der Waals surface area contributed by atoms with Crippen LogP contribution >= 0.6 is 0 Å². The summed E-state index contributed by atoms with van der Waals surface area (Å²) in [6, 6.07) is 4.90. The highest BCUT2D eigenvalue weighted by molar-refractivity contribution is 7.89. The number of nitrogens with zero attached hydrogens (tertiary/aromatic N) is 3. The van der Waals surface area contributed by atoms with Gasteiger partial charge in [-0.15, -0.1) is 0 Å². The zero-order valence-corrected chi connectivity index (χ0v) is 15.1. The quantitative estimate of drug-likeness (QED) is 0.860. The predicted molar refractivity (Wildman–Crippen MR) is 91.2 cm³/mol.